The lowest BCUT2D eigenvalue weighted by Crippen LogP contribution is -2.28. The summed E-state index contributed by atoms with van der Waals surface area (Å²) in [6.07, 6.45) is 2.04. The molecule has 0 aromatic carbocycles. The minimum Gasteiger partial charge on any atom is -0.392 e. The Morgan fingerprint density at radius 2 is 2.24 bits per heavy atom. The van der Waals surface area contributed by atoms with Crippen molar-refractivity contribution in [3.63, 3.8) is 0 Å². The molecule has 94 valence electrons. The number of aromatic nitrogens is 1. The maximum Gasteiger partial charge on any atom is 0.136 e. The van der Waals surface area contributed by atoms with Crippen LogP contribution in [0, 0.1) is 9.49 Å². The maximum atomic E-state index is 9.72. The van der Waals surface area contributed by atoms with Gasteiger partial charge in [-0.1, -0.05) is 23.2 Å². The quantitative estimate of drug-likeness (QED) is 0.604. The predicted molar refractivity (Wildman–Crippen MR) is 77.4 cm³/mol. The number of hydrogen-bond donors (Lipinski definition) is 2. The zero-order valence-corrected chi connectivity index (χ0v) is 12.8. The highest BCUT2D eigenvalue weighted by molar-refractivity contribution is 14.1. The number of nitrogens with one attached hydrogen (secondary N) is 1. The molecule has 0 spiro atoms. The van der Waals surface area contributed by atoms with Crippen LogP contribution in [0.1, 0.15) is 18.4 Å². The van der Waals surface area contributed by atoms with Crippen molar-refractivity contribution in [1.29, 1.82) is 0 Å². The average Bonchev–Trinajstić information content (AvgIpc) is 3.04. The van der Waals surface area contributed by atoms with E-state index in [1.54, 1.807) is 6.07 Å². The molecular weight excluding hydrogens is 374 g/mol. The Hall–Kier alpha value is 0.380. The lowest BCUT2D eigenvalue weighted by Gasteiger charge is -2.12. The van der Waals surface area contributed by atoms with Crippen LogP contribution in [-0.2, 0) is 6.54 Å². The van der Waals surface area contributed by atoms with Crippen molar-refractivity contribution in [3.8, 4) is 0 Å². The highest BCUT2D eigenvalue weighted by Gasteiger charge is 2.29. The summed E-state index contributed by atoms with van der Waals surface area (Å²) in [5, 5.41) is 13.7. The predicted octanol–water partition coefficient (Wildman–Crippen LogP) is 2.85. The second-order valence-corrected chi connectivity index (χ2v) is 6.14. The van der Waals surface area contributed by atoms with E-state index in [1.165, 1.54) is 0 Å². The van der Waals surface area contributed by atoms with Crippen molar-refractivity contribution in [2.24, 2.45) is 5.92 Å². The van der Waals surface area contributed by atoms with Gasteiger partial charge >= 0.3 is 0 Å². The zero-order chi connectivity index (χ0) is 12.4. The number of aliphatic hydroxyl groups is 1. The van der Waals surface area contributed by atoms with Crippen molar-refractivity contribution in [2.45, 2.75) is 25.5 Å². The summed E-state index contributed by atoms with van der Waals surface area (Å²) < 4.78 is 0.987. The fourth-order valence-electron chi connectivity index (χ4n) is 1.63. The van der Waals surface area contributed by atoms with Crippen LogP contribution in [0.15, 0.2) is 6.07 Å². The molecule has 0 bridgehead atoms. The summed E-state index contributed by atoms with van der Waals surface area (Å²) in [7, 11) is 0. The second kappa shape index (κ2) is 6.02. The first-order chi connectivity index (χ1) is 8.08. The third-order valence-electron chi connectivity index (χ3n) is 2.81. The zero-order valence-electron chi connectivity index (χ0n) is 9.09. The van der Waals surface area contributed by atoms with Crippen LogP contribution < -0.4 is 5.32 Å². The van der Waals surface area contributed by atoms with Crippen molar-refractivity contribution < 1.29 is 5.11 Å². The maximum absolute atomic E-state index is 9.72. The van der Waals surface area contributed by atoms with Crippen LogP contribution in [0.25, 0.3) is 0 Å². The number of halogens is 3. The van der Waals surface area contributed by atoms with Gasteiger partial charge in [-0.3, -0.25) is 0 Å². The van der Waals surface area contributed by atoms with Crippen LogP contribution in [0.5, 0.6) is 0 Å². The van der Waals surface area contributed by atoms with Gasteiger partial charge in [0.25, 0.3) is 0 Å². The molecule has 1 atom stereocenters. The van der Waals surface area contributed by atoms with Crippen molar-refractivity contribution in [2.75, 3.05) is 6.54 Å². The molecule has 0 amide bonds. The van der Waals surface area contributed by atoms with Crippen LogP contribution >= 0.6 is 45.8 Å². The molecule has 0 radical (unpaired) electrons. The molecule has 17 heavy (non-hydrogen) atoms. The normalized spacial score (nSPS) is 17.2. The van der Waals surface area contributed by atoms with Gasteiger partial charge in [0.05, 0.1) is 6.10 Å². The number of pyridine rings is 1. The topological polar surface area (TPSA) is 45.1 Å². The van der Waals surface area contributed by atoms with E-state index in [1.807, 2.05) is 0 Å². The van der Waals surface area contributed by atoms with E-state index in [2.05, 4.69) is 32.9 Å². The van der Waals surface area contributed by atoms with Crippen LogP contribution in [-0.4, -0.2) is 22.7 Å². The Kier molecular flexibility index (Phi) is 4.88. The number of aliphatic hydroxyl groups excluding tert-OH is 1. The summed E-state index contributed by atoms with van der Waals surface area (Å²) in [5.74, 6) is 0.486. The Labute approximate surface area is 124 Å². The van der Waals surface area contributed by atoms with Crippen molar-refractivity contribution in [1.82, 2.24) is 10.3 Å². The van der Waals surface area contributed by atoms with E-state index in [9.17, 15) is 5.11 Å². The number of hydrogen-bond acceptors (Lipinski definition) is 3. The highest BCUT2D eigenvalue weighted by Crippen LogP contribution is 2.32. The minimum atomic E-state index is -0.244. The van der Waals surface area contributed by atoms with E-state index in [0.717, 1.165) is 22.0 Å². The molecule has 0 saturated heterocycles. The standard InChI is InChI=1S/C11H13Cl2IN2O/c12-10-3-8(14)7(11(13)16-10)4-15-5-9(17)6-1-2-6/h3,6,9,15,17H,1-2,4-5H2. The summed E-state index contributed by atoms with van der Waals surface area (Å²) in [4.78, 5) is 4.00. The summed E-state index contributed by atoms with van der Waals surface area (Å²) >= 11 is 14.0. The fraction of sp³-hybridized carbons (Fsp3) is 0.545. The molecule has 1 unspecified atom stereocenters. The average molecular weight is 387 g/mol. The van der Waals surface area contributed by atoms with Gasteiger partial charge in [-0.25, -0.2) is 4.98 Å². The molecule has 2 N–H and O–H groups in total. The summed E-state index contributed by atoms with van der Waals surface area (Å²) in [6.45, 7) is 1.20. The molecule has 1 aromatic rings. The van der Waals surface area contributed by atoms with Gasteiger partial charge in [0, 0.05) is 22.2 Å². The van der Waals surface area contributed by atoms with Crippen molar-refractivity contribution in [3.05, 3.63) is 25.5 Å². The number of nitrogens with zero attached hydrogens (tertiary/aromatic N) is 1. The van der Waals surface area contributed by atoms with E-state index in [4.69, 9.17) is 23.2 Å². The molecule has 0 aliphatic heterocycles. The monoisotopic (exact) mass is 386 g/mol. The third kappa shape index (κ3) is 3.92. The molecule has 6 heteroatoms. The Morgan fingerprint density at radius 3 is 2.82 bits per heavy atom. The van der Waals surface area contributed by atoms with E-state index in [0.29, 0.717) is 29.3 Å². The summed E-state index contributed by atoms with van der Waals surface area (Å²) in [6, 6.07) is 1.78. The molecule has 1 aliphatic carbocycles. The second-order valence-electron chi connectivity index (χ2n) is 4.23. The van der Waals surface area contributed by atoms with Gasteiger partial charge in [0.1, 0.15) is 10.3 Å². The van der Waals surface area contributed by atoms with Crippen LogP contribution in [0.4, 0.5) is 0 Å². The van der Waals surface area contributed by atoms with Crippen LogP contribution in [0.3, 0.4) is 0 Å². The van der Waals surface area contributed by atoms with Crippen LogP contribution in [0.2, 0.25) is 10.3 Å². The molecule has 2 rings (SSSR count). The first-order valence-electron chi connectivity index (χ1n) is 5.47. The molecule has 1 aromatic heterocycles. The van der Waals surface area contributed by atoms with Gasteiger partial charge in [0.15, 0.2) is 0 Å². The lowest BCUT2D eigenvalue weighted by atomic mass is 10.2. The first-order valence-corrected chi connectivity index (χ1v) is 7.30. The lowest BCUT2D eigenvalue weighted by molar-refractivity contribution is 0.148. The molecule has 1 aliphatic rings. The van der Waals surface area contributed by atoms with E-state index in [-0.39, 0.29) is 6.10 Å². The molecule has 1 heterocycles. The van der Waals surface area contributed by atoms with Gasteiger partial charge < -0.3 is 10.4 Å². The smallest absolute Gasteiger partial charge is 0.136 e. The largest absolute Gasteiger partial charge is 0.392 e. The van der Waals surface area contributed by atoms with Crippen molar-refractivity contribution >= 4 is 45.8 Å². The Balaban J connectivity index is 1.89. The first kappa shape index (κ1) is 13.8. The SMILES string of the molecule is OC(CNCc1c(I)cc(Cl)nc1Cl)C1CC1. The summed E-state index contributed by atoms with van der Waals surface area (Å²) in [5.41, 5.74) is 0.930. The number of rotatable bonds is 5. The van der Waals surface area contributed by atoms with E-state index >= 15 is 0 Å². The highest BCUT2D eigenvalue weighted by atomic mass is 127. The Bertz CT molecular complexity index is 389. The molecule has 3 nitrogen and oxygen atoms in total. The van der Waals surface area contributed by atoms with Gasteiger partial charge in [0.2, 0.25) is 0 Å². The Morgan fingerprint density at radius 1 is 1.53 bits per heavy atom. The molecule has 1 saturated carbocycles. The molecular formula is C11H13Cl2IN2O. The van der Waals surface area contributed by atoms with Gasteiger partial charge in [-0.05, 0) is 47.4 Å². The minimum absolute atomic E-state index is 0.244. The van der Waals surface area contributed by atoms with Gasteiger partial charge in [-0.15, -0.1) is 0 Å². The third-order valence-corrected chi connectivity index (χ3v) is 4.28. The molecule has 1 fully saturated rings. The fourth-order valence-corrected chi connectivity index (χ4v) is 3.22. The van der Waals surface area contributed by atoms with E-state index < -0.39 is 0 Å². The van der Waals surface area contributed by atoms with Gasteiger partial charge in [-0.2, -0.15) is 0 Å².